The molecule has 2 aliphatic heterocycles. The molecular formula is C16H20N2O2S2. The Morgan fingerprint density at radius 3 is 2.64 bits per heavy atom. The van der Waals surface area contributed by atoms with Gasteiger partial charge in [0.1, 0.15) is 10.1 Å². The van der Waals surface area contributed by atoms with Gasteiger partial charge in [-0.2, -0.15) is 0 Å². The van der Waals surface area contributed by atoms with Gasteiger partial charge in [-0.1, -0.05) is 24.0 Å². The van der Waals surface area contributed by atoms with Crippen LogP contribution in [0.5, 0.6) is 0 Å². The van der Waals surface area contributed by atoms with Gasteiger partial charge in [0.05, 0.1) is 4.91 Å². The van der Waals surface area contributed by atoms with Crippen LogP contribution in [0.1, 0.15) is 38.9 Å². The van der Waals surface area contributed by atoms with Gasteiger partial charge in [0, 0.05) is 31.3 Å². The van der Waals surface area contributed by atoms with E-state index in [1.165, 1.54) is 31.0 Å². The van der Waals surface area contributed by atoms with Crippen LogP contribution in [-0.2, 0) is 4.79 Å². The molecule has 1 amide bonds. The SMILES string of the molecule is CC(C)N1C(=O)/C(=C/c2ccc(N3CCCCC3)o2)SC1=S. The molecule has 6 heteroatoms. The molecule has 4 nitrogen and oxygen atoms in total. The highest BCUT2D eigenvalue weighted by Gasteiger charge is 2.33. The molecule has 0 radical (unpaired) electrons. The third-order valence-corrected chi connectivity index (χ3v) is 5.22. The minimum absolute atomic E-state index is 0.0269. The number of hydrogen-bond donors (Lipinski definition) is 0. The first-order valence-corrected chi connectivity index (χ1v) is 8.90. The lowest BCUT2D eigenvalue weighted by Gasteiger charge is -2.25. The highest BCUT2D eigenvalue weighted by molar-refractivity contribution is 8.26. The van der Waals surface area contributed by atoms with Crippen molar-refractivity contribution >= 4 is 46.2 Å². The van der Waals surface area contributed by atoms with Gasteiger partial charge >= 0.3 is 0 Å². The van der Waals surface area contributed by atoms with E-state index < -0.39 is 0 Å². The van der Waals surface area contributed by atoms with Crippen molar-refractivity contribution in [2.45, 2.75) is 39.2 Å². The van der Waals surface area contributed by atoms with Gasteiger partial charge in [-0.05, 0) is 39.2 Å². The zero-order valence-corrected chi connectivity index (χ0v) is 14.5. The van der Waals surface area contributed by atoms with E-state index >= 15 is 0 Å². The van der Waals surface area contributed by atoms with Crippen molar-refractivity contribution in [2.75, 3.05) is 18.0 Å². The summed E-state index contributed by atoms with van der Waals surface area (Å²) in [5, 5.41) is 0. The monoisotopic (exact) mass is 336 g/mol. The Labute approximate surface area is 140 Å². The fourth-order valence-corrected chi connectivity index (χ4v) is 4.26. The summed E-state index contributed by atoms with van der Waals surface area (Å²) in [4.78, 5) is 16.9. The van der Waals surface area contributed by atoms with E-state index in [1.807, 2.05) is 26.0 Å². The Kier molecular flexibility index (Phi) is 4.59. The summed E-state index contributed by atoms with van der Waals surface area (Å²) in [5.41, 5.74) is 0. The van der Waals surface area contributed by atoms with Crippen LogP contribution in [0, 0.1) is 0 Å². The number of anilines is 1. The zero-order valence-electron chi connectivity index (χ0n) is 12.9. The number of furan rings is 1. The topological polar surface area (TPSA) is 36.7 Å². The van der Waals surface area contributed by atoms with Crippen LogP contribution in [0.4, 0.5) is 5.88 Å². The van der Waals surface area contributed by atoms with E-state index in [-0.39, 0.29) is 11.9 Å². The van der Waals surface area contributed by atoms with Crippen LogP contribution in [0.15, 0.2) is 21.5 Å². The summed E-state index contributed by atoms with van der Waals surface area (Å²) in [7, 11) is 0. The number of thioether (sulfide) groups is 1. The fraction of sp³-hybridized carbons (Fsp3) is 0.500. The maximum absolute atomic E-state index is 12.4. The molecule has 3 heterocycles. The van der Waals surface area contributed by atoms with Crippen molar-refractivity contribution in [3.05, 3.63) is 22.8 Å². The summed E-state index contributed by atoms with van der Waals surface area (Å²) in [6.07, 6.45) is 5.52. The molecule has 0 N–H and O–H groups in total. The van der Waals surface area contributed by atoms with Crippen LogP contribution in [0.2, 0.25) is 0 Å². The van der Waals surface area contributed by atoms with Crippen LogP contribution >= 0.6 is 24.0 Å². The second-order valence-electron chi connectivity index (χ2n) is 5.87. The minimum Gasteiger partial charge on any atom is -0.441 e. The molecule has 0 spiro atoms. The van der Waals surface area contributed by atoms with Crippen molar-refractivity contribution in [3.8, 4) is 0 Å². The lowest BCUT2D eigenvalue weighted by Crippen LogP contribution is -2.34. The lowest BCUT2D eigenvalue weighted by molar-refractivity contribution is -0.123. The van der Waals surface area contributed by atoms with E-state index in [0.717, 1.165) is 19.0 Å². The third-order valence-electron chi connectivity index (χ3n) is 3.89. The predicted molar refractivity (Wildman–Crippen MR) is 94.9 cm³/mol. The summed E-state index contributed by atoms with van der Waals surface area (Å²) in [6.45, 7) is 6.02. The first-order chi connectivity index (χ1) is 10.6. The number of piperidine rings is 1. The summed E-state index contributed by atoms with van der Waals surface area (Å²) >= 11 is 6.63. The van der Waals surface area contributed by atoms with Crippen molar-refractivity contribution in [1.82, 2.24) is 4.90 Å². The molecule has 2 saturated heterocycles. The second kappa shape index (κ2) is 6.46. The normalized spacial score (nSPS) is 21.5. The molecule has 0 unspecified atom stereocenters. The molecule has 118 valence electrons. The van der Waals surface area contributed by atoms with Gasteiger partial charge < -0.3 is 9.32 Å². The number of carbonyl (C=O) groups is 1. The van der Waals surface area contributed by atoms with Crippen molar-refractivity contribution in [1.29, 1.82) is 0 Å². The molecule has 2 aliphatic rings. The van der Waals surface area contributed by atoms with Crippen LogP contribution in [0.25, 0.3) is 6.08 Å². The van der Waals surface area contributed by atoms with Crippen LogP contribution in [-0.4, -0.2) is 34.3 Å². The molecule has 0 saturated carbocycles. The summed E-state index contributed by atoms with van der Waals surface area (Å²) in [5.74, 6) is 1.58. The number of nitrogens with zero attached hydrogens (tertiary/aromatic N) is 2. The summed E-state index contributed by atoms with van der Waals surface area (Å²) in [6, 6.07) is 3.99. The van der Waals surface area contributed by atoms with E-state index in [9.17, 15) is 4.79 Å². The van der Waals surface area contributed by atoms with Crippen molar-refractivity contribution < 1.29 is 9.21 Å². The number of hydrogen-bond acceptors (Lipinski definition) is 5. The quantitative estimate of drug-likeness (QED) is 0.618. The van der Waals surface area contributed by atoms with Crippen molar-refractivity contribution in [3.63, 3.8) is 0 Å². The summed E-state index contributed by atoms with van der Waals surface area (Å²) < 4.78 is 6.51. The second-order valence-corrected chi connectivity index (χ2v) is 7.54. The first-order valence-electron chi connectivity index (χ1n) is 7.68. The highest BCUT2D eigenvalue weighted by atomic mass is 32.2. The zero-order chi connectivity index (χ0) is 15.7. The molecule has 0 atom stereocenters. The Hall–Kier alpha value is -1.27. The predicted octanol–water partition coefficient (Wildman–Crippen LogP) is 3.88. The lowest BCUT2D eigenvalue weighted by atomic mass is 10.1. The van der Waals surface area contributed by atoms with E-state index in [4.69, 9.17) is 16.6 Å². The highest BCUT2D eigenvalue weighted by Crippen LogP contribution is 2.34. The maximum atomic E-state index is 12.4. The molecule has 0 bridgehead atoms. The number of thiocarbonyl (C=S) groups is 1. The molecule has 3 rings (SSSR count). The Balaban J connectivity index is 1.77. The number of amides is 1. The van der Waals surface area contributed by atoms with Gasteiger partial charge in [-0.25, -0.2) is 0 Å². The van der Waals surface area contributed by atoms with Gasteiger partial charge in [0.2, 0.25) is 0 Å². The molecule has 0 aromatic carbocycles. The van der Waals surface area contributed by atoms with Gasteiger partial charge in [0.15, 0.2) is 5.88 Å². The third kappa shape index (κ3) is 3.08. The first kappa shape index (κ1) is 15.6. The average molecular weight is 336 g/mol. The molecule has 0 aliphatic carbocycles. The molecule has 1 aromatic heterocycles. The van der Waals surface area contributed by atoms with E-state index in [0.29, 0.717) is 15.0 Å². The number of rotatable bonds is 3. The molecule has 2 fully saturated rings. The maximum Gasteiger partial charge on any atom is 0.266 e. The molecule has 1 aromatic rings. The van der Waals surface area contributed by atoms with Crippen LogP contribution < -0.4 is 4.90 Å². The Morgan fingerprint density at radius 1 is 1.27 bits per heavy atom. The number of carbonyl (C=O) groups excluding carboxylic acids is 1. The van der Waals surface area contributed by atoms with Crippen molar-refractivity contribution in [2.24, 2.45) is 0 Å². The Morgan fingerprint density at radius 2 is 2.00 bits per heavy atom. The largest absolute Gasteiger partial charge is 0.441 e. The molecule has 22 heavy (non-hydrogen) atoms. The van der Waals surface area contributed by atoms with Crippen LogP contribution in [0.3, 0.4) is 0 Å². The fourth-order valence-electron chi connectivity index (χ4n) is 2.76. The standard InChI is InChI=1S/C16H20N2O2S2/c1-11(2)18-15(19)13(22-16(18)21)10-12-6-7-14(20-12)17-8-4-3-5-9-17/h6-7,10-11H,3-5,8-9H2,1-2H3/b13-10-. The average Bonchev–Trinajstić information content (AvgIpc) is 3.06. The van der Waals surface area contributed by atoms with E-state index in [2.05, 4.69) is 4.90 Å². The van der Waals surface area contributed by atoms with Gasteiger partial charge in [-0.3, -0.25) is 9.69 Å². The van der Waals surface area contributed by atoms with Gasteiger partial charge in [0.25, 0.3) is 5.91 Å². The Bertz CT molecular complexity index is 615. The molecular weight excluding hydrogens is 316 g/mol. The van der Waals surface area contributed by atoms with Gasteiger partial charge in [-0.15, -0.1) is 0 Å². The minimum atomic E-state index is -0.0269. The smallest absolute Gasteiger partial charge is 0.266 e. The van der Waals surface area contributed by atoms with E-state index in [1.54, 1.807) is 11.0 Å².